The Morgan fingerprint density at radius 3 is 2.27 bits per heavy atom. The summed E-state index contributed by atoms with van der Waals surface area (Å²) < 4.78 is 0. The Morgan fingerprint density at radius 2 is 1.91 bits per heavy atom. The van der Waals surface area contributed by atoms with E-state index >= 15 is 0 Å². The summed E-state index contributed by atoms with van der Waals surface area (Å²) in [6.45, 7) is 6.43. The normalized spacial score (nSPS) is 32.5. The molecule has 2 atom stereocenters. The van der Waals surface area contributed by atoms with E-state index in [0.29, 0.717) is 11.8 Å². The minimum absolute atomic E-state index is 0.203. The van der Waals surface area contributed by atoms with Crippen molar-refractivity contribution in [2.24, 2.45) is 11.8 Å². The van der Waals surface area contributed by atoms with E-state index < -0.39 is 5.97 Å². The van der Waals surface area contributed by atoms with Crippen LogP contribution < -0.4 is 0 Å². The summed E-state index contributed by atoms with van der Waals surface area (Å²) in [5.74, 6) is 0.579. The van der Waals surface area contributed by atoms with Crippen LogP contribution in [0.4, 0.5) is 0 Å². The van der Waals surface area contributed by atoms with Gasteiger partial charge >= 0.3 is 5.97 Å². The van der Waals surface area contributed by atoms with E-state index in [0.717, 1.165) is 13.1 Å². The molecule has 0 bridgehead atoms. The largest absolute Gasteiger partial charge is 0.480 e. The van der Waals surface area contributed by atoms with E-state index in [-0.39, 0.29) is 6.54 Å². The molecule has 0 aromatic carbocycles. The van der Waals surface area contributed by atoms with Crippen LogP contribution in [0.1, 0.15) is 13.8 Å². The highest BCUT2D eigenvalue weighted by Crippen LogP contribution is 2.21. The molecule has 0 amide bonds. The molecule has 1 fully saturated rings. The first-order valence-electron chi connectivity index (χ1n) is 4.03. The van der Waals surface area contributed by atoms with Gasteiger partial charge in [-0.05, 0) is 11.8 Å². The van der Waals surface area contributed by atoms with Gasteiger partial charge in [0.05, 0.1) is 6.54 Å². The van der Waals surface area contributed by atoms with Crippen LogP contribution in [0.2, 0.25) is 0 Å². The monoisotopic (exact) mass is 157 g/mol. The van der Waals surface area contributed by atoms with Gasteiger partial charge in [-0.3, -0.25) is 9.69 Å². The van der Waals surface area contributed by atoms with Crippen LogP contribution in [0.25, 0.3) is 0 Å². The molecule has 1 heterocycles. The first-order chi connectivity index (χ1) is 5.09. The first-order valence-corrected chi connectivity index (χ1v) is 4.03. The molecule has 1 N–H and O–H groups in total. The third-order valence-electron chi connectivity index (χ3n) is 2.42. The topological polar surface area (TPSA) is 40.5 Å². The SMILES string of the molecule is CC1CN(CC(=O)O)CC1C. The molecule has 1 aliphatic heterocycles. The van der Waals surface area contributed by atoms with Gasteiger partial charge in [-0.15, -0.1) is 0 Å². The van der Waals surface area contributed by atoms with E-state index in [9.17, 15) is 4.79 Å². The Bertz CT molecular complexity index is 148. The number of likely N-dealkylation sites (tertiary alicyclic amines) is 1. The summed E-state index contributed by atoms with van der Waals surface area (Å²) in [7, 11) is 0. The van der Waals surface area contributed by atoms with Crippen molar-refractivity contribution in [2.45, 2.75) is 13.8 Å². The highest BCUT2D eigenvalue weighted by molar-refractivity contribution is 5.69. The van der Waals surface area contributed by atoms with Crippen molar-refractivity contribution in [1.29, 1.82) is 0 Å². The summed E-state index contributed by atoms with van der Waals surface area (Å²) >= 11 is 0. The van der Waals surface area contributed by atoms with Gasteiger partial charge in [-0.25, -0.2) is 0 Å². The van der Waals surface area contributed by atoms with Crippen molar-refractivity contribution < 1.29 is 9.90 Å². The van der Waals surface area contributed by atoms with Crippen LogP contribution in [0.5, 0.6) is 0 Å². The Morgan fingerprint density at radius 1 is 1.45 bits per heavy atom. The number of carboxylic acid groups (broad SMARTS) is 1. The molecule has 0 saturated carbocycles. The van der Waals surface area contributed by atoms with Crippen LogP contribution in [-0.2, 0) is 4.79 Å². The smallest absolute Gasteiger partial charge is 0.317 e. The Labute approximate surface area is 67.0 Å². The highest BCUT2D eigenvalue weighted by atomic mass is 16.4. The van der Waals surface area contributed by atoms with Crippen molar-refractivity contribution in [3.63, 3.8) is 0 Å². The van der Waals surface area contributed by atoms with Gasteiger partial charge in [0.15, 0.2) is 0 Å². The van der Waals surface area contributed by atoms with E-state index in [1.54, 1.807) is 0 Å². The van der Waals surface area contributed by atoms with Crippen LogP contribution in [0, 0.1) is 11.8 Å². The lowest BCUT2D eigenvalue weighted by atomic mass is 10.0. The molecule has 64 valence electrons. The fourth-order valence-corrected chi connectivity index (χ4v) is 1.57. The summed E-state index contributed by atoms with van der Waals surface area (Å²) in [5.41, 5.74) is 0. The Balaban J connectivity index is 2.35. The number of carboxylic acids is 1. The lowest BCUT2D eigenvalue weighted by Gasteiger charge is -2.10. The van der Waals surface area contributed by atoms with Gasteiger partial charge in [0.25, 0.3) is 0 Å². The molecule has 1 aliphatic rings. The minimum atomic E-state index is -0.716. The maximum Gasteiger partial charge on any atom is 0.317 e. The van der Waals surface area contributed by atoms with Crippen LogP contribution in [0.15, 0.2) is 0 Å². The number of hydrogen-bond acceptors (Lipinski definition) is 2. The van der Waals surface area contributed by atoms with E-state index in [2.05, 4.69) is 13.8 Å². The van der Waals surface area contributed by atoms with Crippen molar-refractivity contribution in [2.75, 3.05) is 19.6 Å². The van der Waals surface area contributed by atoms with E-state index in [1.807, 2.05) is 4.90 Å². The minimum Gasteiger partial charge on any atom is -0.480 e. The third kappa shape index (κ3) is 2.19. The molecule has 1 saturated heterocycles. The van der Waals surface area contributed by atoms with E-state index in [4.69, 9.17) is 5.11 Å². The molecule has 0 aromatic rings. The molecule has 2 unspecified atom stereocenters. The van der Waals surface area contributed by atoms with E-state index in [1.165, 1.54) is 0 Å². The number of hydrogen-bond donors (Lipinski definition) is 1. The van der Waals surface area contributed by atoms with Crippen LogP contribution in [0.3, 0.4) is 0 Å². The summed E-state index contributed by atoms with van der Waals surface area (Å²) in [6, 6.07) is 0. The van der Waals surface area contributed by atoms with Gasteiger partial charge < -0.3 is 5.11 Å². The van der Waals surface area contributed by atoms with Gasteiger partial charge in [-0.2, -0.15) is 0 Å². The van der Waals surface area contributed by atoms with Gasteiger partial charge in [0.1, 0.15) is 0 Å². The zero-order valence-electron chi connectivity index (χ0n) is 7.08. The molecular formula is C8H15NO2. The van der Waals surface area contributed by atoms with Crippen LogP contribution >= 0.6 is 0 Å². The number of nitrogens with zero attached hydrogens (tertiary/aromatic N) is 1. The lowest BCUT2D eigenvalue weighted by Crippen LogP contribution is -2.27. The predicted molar refractivity (Wildman–Crippen MR) is 42.4 cm³/mol. The standard InChI is InChI=1S/C8H15NO2/c1-6-3-9(4-7(6)2)5-8(10)11/h6-7H,3-5H2,1-2H3,(H,10,11). The Kier molecular flexibility index (Phi) is 2.49. The van der Waals surface area contributed by atoms with Gasteiger partial charge in [-0.1, -0.05) is 13.8 Å². The maximum absolute atomic E-state index is 10.3. The molecule has 3 heteroatoms. The number of rotatable bonds is 2. The molecule has 3 nitrogen and oxygen atoms in total. The highest BCUT2D eigenvalue weighted by Gasteiger charge is 2.26. The predicted octanol–water partition coefficient (Wildman–Crippen LogP) is 0.659. The summed E-state index contributed by atoms with van der Waals surface area (Å²) in [4.78, 5) is 12.3. The van der Waals surface area contributed by atoms with Crippen molar-refractivity contribution in [3.8, 4) is 0 Å². The Hall–Kier alpha value is -0.570. The van der Waals surface area contributed by atoms with Crippen molar-refractivity contribution in [3.05, 3.63) is 0 Å². The number of aliphatic carboxylic acids is 1. The quantitative estimate of drug-likeness (QED) is 0.640. The molecule has 0 aromatic heterocycles. The zero-order chi connectivity index (χ0) is 8.43. The second kappa shape index (κ2) is 3.22. The fraction of sp³-hybridized carbons (Fsp3) is 0.875. The van der Waals surface area contributed by atoms with Gasteiger partial charge in [0, 0.05) is 13.1 Å². The maximum atomic E-state index is 10.3. The van der Waals surface area contributed by atoms with Gasteiger partial charge in [0.2, 0.25) is 0 Å². The molecule has 11 heavy (non-hydrogen) atoms. The molecule has 0 aliphatic carbocycles. The lowest BCUT2D eigenvalue weighted by molar-refractivity contribution is -0.138. The van der Waals surface area contributed by atoms with Crippen LogP contribution in [-0.4, -0.2) is 35.6 Å². The summed E-state index contributed by atoms with van der Waals surface area (Å²) in [6.07, 6.45) is 0. The number of carbonyl (C=O) groups is 1. The molecule has 0 spiro atoms. The second-order valence-corrected chi connectivity index (χ2v) is 3.54. The first kappa shape index (κ1) is 8.53. The summed E-state index contributed by atoms with van der Waals surface area (Å²) in [5, 5.41) is 8.50. The molecule has 0 radical (unpaired) electrons. The molecule has 1 rings (SSSR count). The average Bonchev–Trinajstić information content (AvgIpc) is 2.10. The second-order valence-electron chi connectivity index (χ2n) is 3.54. The zero-order valence-corrected chi connectivity index (χ0v) is 7.08. The molecular weight excluding hydrogens is 142 g/mol. The average molecular weight is 157 g/mol. The third-order valence-corrected chi connectivity index (χ3v) is 2.42. The van der Waals surface area contributed by atoms with Crippen molar-refractivity contribution >= 4 is 5.97 Å². The van der Waals surface area contributed by atoms with Crippen molar-refractivity contribution in [1.82, 2.24) is 4.90 Å². The fourth-order valence-electron chi connectivity index (χ4n) is 1.57.